The number of nitrogens with zero attached hydrogens (tertiary/aromatic N) is 1. The molecule has 7 heteroatoms. The van der Waals surface area contributed by atoms with Crippen molar-refractivity contribution in [2.75, 3.05) is 14.2 Å². The minimum atomic E-state index is -0.730. The fourth-order valence-electron chi connectivity index (χ4n) is 2.79. The lowest BCUT2D eigenvalue weighted by Crippen LogP contribution is -2.50. The predicted molar refractivity (Wildman–Crippen MR) is 107 cm³/mol. The number of benzene rings is 2. The number of nitrogens with one attached hydrogen (secondary N) is 1. The second-order valence-corrected chi connectivity index (χ2v) is 7.08. The maximum absolute atomic E-state index is 13.1. The van der Waals surface area contributed by atoms with Crippen molar-refractivity contribution < 1.29 is 23.5 Å². The molecule has 0 saturated carbocycles. The quantitative estimate of drug-likeness (QED) is 0.725. The van der Waals surface area contributed by atoms with Crippen molar-refractivity contribution >= 4 is 17.8 Å². The summed E-state index contributed by atoms with van der Waals surface area (Å²) in [6, 6.07) is 11.2. The van der Waals surface area contributed by atoms with Gasteiger partial charge in [-0.2, -0.15) is 0 Å². The topological polar surface area (TPSA) is 75.7 Å². The molecule has 0 saturated heterocycles. The van der Waals surface area contributed by atoms with E-state index in [9.17, 15) is 18.8 Å². The van der Waals surface area contributed by atoms with Crippen molar-refractivity contribution in [2.45, 2.75) is 26.4 Å². The Balaban J connectivity index is 2.06. The Morgan fingerprint density at radius 2 is 1.55 bits per heavy atom. The molecule has 0 fully saturated rings. The maximum atomic E-state index is 13.1. The number of hydrogen-bond donors (Lipinski definition) is 1. The third-order valence-corrected chi connectivity index (χ3v) is 4.50. The van der Waals surface area contributed by atoms with Gasteiger partial charge in [0.05, 0.1) is 12.7 Å². The lowest BCUT2D eigenvalue weighted by molar-refractivity contribution is -0.133. The molecule has 1 unspecified atom stereocenters. The van der Waals surface area contributed by atoms with Gasteiger partial charge in [-0.1, -0.05) is 26.0 Å². The molecule has 154 valence electrons. The van der Waals surface area contributed by atoms with Gasteiger partial charge in [0.25, 0.3) is 5.91 Å². The van der Waals surface area contributed by atoms with Crippen LogP contribution in [-0.4, -0.2) is 42.9 Å². The highest BCUT2D eigenvalue weighted by molar-refractivity contribution is 5.97. The summed E-state index contributed by atoms with van der Waals surface area (Å²) in [6.45, 7) is 3.99. The van der Waals surface area contributed by atoms with Gasteiger partial charge in [-0.15, -0.1) is 0 Å². The fraction of sp³-hybridized carbons (Fsp3) is 0.318. The van der Waals surface area contributed by atoms with E-state index in [2.05, 4.69) is 10.1 Å². The van der Waals surface area contributed by atoms with Crippen molar-refractivity contribution in [3.8, 4) is 0 Å². The average molecular weight is 400 g/mol. The molecule has 0 aliphatic carbocycles. The largest absolute Gasteiger partial charge is 0.465 e. The second kappa shape index (κ2) is 9.82. The molecule has 2 aromatic carbocycles. The Kier molecular flexibility index (Phi) is 7.47. The van der Waals surface area contributed by atoms with Crippen LogP contribution in [0.15, 0.2) is 48.5 Å². The van der Waals surface area contributed by atoms with E-state index in [0.29, 0.717) is 12.1 Å². The number of methoxy groups -OCH3 is 1. The van der Waals surface area contributed by atoms with Crippen LogP contribution in [0.3, 0.4) is 0 Å². The van der Waals surface area contributed by atoms with Crippen LogP contribution in [0.2, 0.25) is 0 Å². The molecule has 2 rings (SSSR count). The smallest absolute Gasteiger partial charge is 0.337 e. The number of hydrogen-bond acceptors (Lipinski definition) is 4. The Bertz CT molecular complexity index is 863. The highest BCUT2D eigenvalue weighted by Crippen LogP contribution is 2.12. The lowest BCUT2D eigenvalue weighted by atomic mass is 10.0. The van der Waals surface area contributed by atoms with Gasteiger partial charge in [-0.3, -0.25) is 9.59 Å². The lowest BCUT2D eigenvalue weighted by Gasteiger charge is -2.27. The van der Waals surface area contributed by atoms with E-state index in [0.717, 1.165) is 5.56 Å². The Hall–Kier alpha value is -3.22. The van der Waals surface area contributed by atoms with Gasteiger partial charge < -0.3 is 15.0 Å². The summed E-state index contributed by atoms with van der Waals surface area (Å²) >= 11 is 0. The minimum absolute atomic E-state index is 0.143. The van der Waals surface area contributed by atoms with E-state index >= 15 is 0 Å². The molecule has 6 nitrogen and oxygen atoms in total. The highest BCUT2D eigenvalue weighted by Gasteiger charge is 2.27. The molecule has 0 aliphatic heterocycles. The Morgan fingerprint density at radius 1 is 1.00 bits per heavy atom. The summed E-state index contributed by atoms with van der Waals surface area (Å²) in [5.41, 5.74) is 1.55. The number of rotatable bonds is 7. The highest BCUT2D eigenvalue weighted by atomic mass is 19.1. The molecular weight excluding hydrogens is 375 g/mol. The third kappa shape index (κ3) is 5.88. The zero-order valence-corrected chi connectivity index (χ0v) is 16.9. The molecule has 0 spiro atoms. The predicted octanol–water partition coefficient (Wildman–Crippen LogP) is 3.03. The van der Waals surface area contributed by atoms with E-state index in [-0.39, 0.29) is 17.4 Å². The number of carbonyl (C=O) groups excluding carboxylic acids is 3. The van der Waals surface area contributed by atoms with Crippen LogP contribution in [0.1, 0.15) is 40.1 Å². The Labute approximate surface area is 169 Å². The molecule has 0 bridgehead atoms. The van der Waals surface area contributed by atoms with Gasteiger partial charge in [0, 0.05) is 19.2 Å². The van der Waals surface area contributed by atoms with Crippen LogP contribution in [0, 0.1) is 11.7 Å². The summed E-state index contributed by atoms with van der Waals surface area (Å²) in [4.78, 5) is 38.4. The van der Waals surface area contributed by atoms with Gasteiger partial charge in [0.2, 0.25) is 5.91 Å². The number of amides is 2. The standard InChI is InChI=1S/C22H25FN2O4/c1-14(2)19(24-20(26)16-9-11-18(23)12-10-16)21(27)25(3)13-15-5-7-17(8-6-15)22(28)29-4/h5-12,14,19H,13H2,1-4H3,(H,24,26). The number of esters is 1. The van der Waals surface area contributed by atoms with Crippen LogP contribution >= 0.6 is 0 Å². The van der Waals surface area contributed by atoms with Gasteiger partial charge in [-0.05, 0) is 47.9 Å². The molecular formula is C22H25FN2O4. The maximum Gasteiger partial charge on any atom is 0.337 e. The van der Waals surface area contributed by atoms with E-state index < -0.39 is 23.7 Å². The van der Waals surface area contributed by atoms with Crippen molar-refractivity contribution in [3.63, 3.8) is 0 Å². The fourth-order valence-corrected chi connectivity index (χ4v) is 2.79. The first-order valence-corrected chi connectivity index (χ1v) is 9.21. The number of ether oxygens (including phenoxy) is 1. The first-order chi connectivity index (χ1) is 13.7. The zero-order valence-electron chi connectivity index (χ0n) is 16.9. The molecule has 29 heavy (non-hydrogen) atoms. The van der Waals surface area contributed by atoms with E-state index in [1.165, 1.54) is 36.3 Å². The molecule has 0 heterocycles. The Morgan fingerprint density at radius 3 is 2.07 bits per heavy atom. The second-order valence-electron chi connectivity index (χ2n) is 7.08. The van der Waals surface area contributed by atoms with Gasteiger partial charge in [0.15, 0.2) is 0 Å². The third-order valence-electron chi connectivity index (χ3n) is 4.50. The molecule has 0 aromatic heterocycles. The van der Waals surface area contributed by atoms with Gasteiger partial charge in [-0.25, -0.2) is 9.18 Å². The van der Waals surface area contributed by atoms with Crippen LogP contribution in [0.25, 0.3) is 0 Å². The first kappa shape index (κ1) is 22.1. The van der Waals surface area contributed by atoms with E-state index in [1.54, 1.807) is 31.3 Å². The minimum Gasteiger partial charge on any atom is -0.465 e. The van der Waals surface area contributed by atoms with E-state index in [4.69, 9.17) is 0 Å². The normalized spacial score (nSPS) is 11.7. The summed E-state index contributed by atoms with van der Waals surface area (Å²) < 4.78 is 17.7. The van der Waals surface area contributed by atoms with Crippen molar-refractivity contribution in [3.05, 3.63) is 71.0 Å². The van der Waals surface area contributed by atoms with Crippen LogP contribution in [0.4, 0.5) is 4.39 Å². The number of likely N-dealkylation sites (N-methyl/N-ethyl adjacent to an activating group) is 1. The summed E-state index contributed by atoms with van der Waals surface area (Å²) in [5.74, 6) is -1.68. The van der Waals surface area contributed by atoms with Crippen molar-refractivity contribution in [1.29, 1.82) is 0 Å². The average Bonchev–Trinajstić information content (AvgIpc) is 2.71. The molecule has 1 N–H and O–H groups in total. The molecule has 2 amide bonds. The summed E-state index contributed by atoms with van der Waals surface area (Å²) in [5, 5.41) is 2.74. The monoisotopic (exact) mass is 400 g/mol. The SMILES string of the molecule is COC(=O)c1ccc(CN(C)C(=O)C(NC(=O)c2ccc(F)cc2)C(C)C)cc1. The van der Waals surface area contributed by atoms with Gasteiger partial charge >= 0.3 is 5.97 Å². The van der Waals surface area contributed by atoms with E-state index in [1.807, 2.05) is 13.8 Å². The summed E-state index contributed by atoms with van der Waals surface area (Å²) in [7, 11) is 2.96. The molecule has 1 atom stereocenters. The number of halogens is 1. The zero-order chi connectivity index (χ0) is 21.6. The molecule has 0 aliphatic rings. The first-order valence-electron chi connectivity index (χ1n) is 9.21. The number of carbonyl (C=O) groups is 3. The van der Waals surface area contributed by atoms with Gasteiger partial charge in [0.1, 0.15) is 11.9 Å². The summed E-state index contributed by atoms with van der Waals surface area (Å²) in [6.07, 6.45) is 0. The van der Waals surface area contributed by atoms with Crippen LogP contribution < -0.4 is 5.32 Å². The van der Waals surface area contributed by atoms with Crippen LogP contribution in [-0.2, 0) is 16.1 Å². The van der Waals surface area contributed by atoms with Crippen LogP contribution in [0.5, 0.6) is 0 Å². The van der Waals surface area contributed by atoms with Crippen molar-refractivity contribution in [2.24, 2.45) is 5.92 Å². The molecule has 0 radical (unpaired) electrons. The van der Waals surface area contributed by atoms with Crippen molar-refractivity contribution in [1.82, 2.24) is 10.2 Å². The molecule has 2 aromatic rings.